The minimum absolute atomic E-state index is 0.468. The van der Waals surface area contributed by atoms with E-state index in [0.29, 0.717) is 10.2 Å². The van der Waals surface area contributed by atoms with Crippen LogP contribution in [-0.4, -0.2) is 11.8 Å². The lowest BCUT2D eigenvalue weighted by Crippen LogP contribution is -2.44. The van der Waals surface area contributed by atoms with Crippen LogP contribution in [0.5, 0.6) is 0 Å². The molecule has 0 aromatic rings. The highest BCUT2D eigenvalue weighted by Crippen LogP contribution is 2.59. The molecule has 1 rings (SSSR count). The fraction of sp³-hybridized carbons (Fsp3) is 1.00. The second-order valence-corrected chi connectivity index (χ2v) is 7.70. The van der Waals surface area contributed by atoms with Crippen molar-refractivity contribution in [1.29, 1.82) is 0 Å². The van der Waals surface area contributed by atoms with Gasteiger partial charge in [0.2, 0.25) is 0 Å². The predicted octanol–water partition coefficient (Wildman–Crippen LogP) is 5.27. The number of rotatable bonds is 7. The minimum Gasteiger partial charge on any atom is -0.267 e. The molecule has 0 spiro atoms. The summed E-state index contributed by atoms with van der Waals surface area (Å²) in [6.45, 7) is 12.1. The Hall–Kier alpha value is 0.310. The molecule has 1 nitrogen and oxygen atoms in total. The maximum atomic E-state index is 3.41. The van der Waals surface area contributed by atoms with E-state index in [-0.39, 0.29) is 0 Å². The average Bonchev–Trinajstić information content (AvgIpc) is 2.78. The minimum atomic E-state index is 0.468. The molecule has 0 aliphatic heterocycles. The van der Waals surface area contributed by atoms with Crippen molar-refractivity contribution in [2.45, 2.75) is 77.9 Å². The zero-order valence-corrected chi connectivity index (χ0v) is 14.1. The van der Waals surface area contributed by atoms with E-state index in [2.05, 4.69) is 46.4 Å². The lowest BCUT2D eigenvalue weighted by molar-refractivity contribution is 0.0991. The summed E-state index contributed by atoms with van der Waals surface area (Å²) in [5.74, 6) is 1.79. The Morgan fingerprint density at radius 2 is 1.83 bits per heavy atom. The van der Waals surface area contributed by atoms with E-state index in [4.69, 9.17) is 0 Å². The highest BCUT2D eigenvalue weighted by molar-refractivity contribution is 7.98. The van der Waals surface area contributed by atoms with Crippen molar-refractivity contribution in [2.24, 2.45) is 17.3 Å². The quantitative estimate of drug-likeness (QED) is 0.633. The van der Waals surface area contributed by atoms with E-state index < -0.39 is 0 Å². The van der Waals surface area contributed by atoms with Gasteiger partial charge in [-0.1, -0.05) is 65.8 Å². The number of nitrogens with one attached hydrogen (secondary N) is 1. The molecule has 1 aliphatic carbocycles. The van der Waals surface area contributed by atoms with Gasteiger partial charge in [-0.25, -0.2) is 0 Å². The van der Waals surface area contributed by atoms with Gasteiger partial charge < -0.3 is 0 Å². The first kappa shape index (κ1) is 16.4. The van der Waals surface area contributed by atoms with Gasteiger partial charge in [0.15, 0.2) is 0 Å². The topological polar surface area (TPSA) is 12.0 Å². The van der Waals surface area contributed by atoms with Crippen LogP contribution in [0.1, 0.15) is 73.1 Å². The molecular weight excluding hydrogens is 238 g/mol. The van der Waals surface area contributed by atoms with Crippen LogP contribution in [0, 0.1) is 17.3 Å². The monoisotopic (exact) mass is 271 g/mol. The van der Waals surface area contributed by atoms with Gasteiger partial charge in [0.05, 0.1) is 0 Å². The molecule has 0 saturated heterocycles. The molecule has 0 aromatic heterocycles. The van der Waals surface area contributed by atoms with Crippen LogP contribution in [-0.2, 0) is 0 Å². The maximum Gasteiger partial charge on any atom is 0.0338 e. The fourth-order valence-corrected chi connectivity index (χ4v) is 5.68. The van der Waals surface area contributed by atoms with Crippen molar-refractivity contribution in [1.82, 2.24) is 4.72 Å². The van der Waals surface area contributed by atoms with Crippen LogP contribution in [0.3, 0.4) is 0 Å². The van der Waals surface area contributed by atoms with Crippen molar-refractivity contribution in [3.05, 3.63) is 0 Å². The molecule has 1 aliphatic rings. The molecule has 0 amide bonds. The van der Waals surface area contributed by atoms with Gasteiger partial charge >= 0.3 is 0 Å². The van der Waals surface area contributed by atoms with Crippen molar-refractivity contribution >= 4 is 11.9 Å². The van der Waals surface area contributed by atoms with Crippen molar-refractivity contribution in [3.8, 4) is 0 Å². The molecule has 3 atom stereocenters. The van der Waals surface area contributed by atoms with Gasteiger partial charge in [-0.2, -0.15) is 0 Å². The number of hydrogen-bond acceptors (Lipinski definition) is 2. The molecule has 1 fully saturated rings. The van der Waals surface area contributed by atoms with E-state index in [9.17, 15) is 0 Å². The summed E-state index contributed by atoms with van der Waals surface area (Å²) in [5, 5.41) is 0. The summed E-state index contributed by atoms with van der Waals surface area (Å²) in [6, 6.07) is 0. The normalized spacial score (nSPS) is 33.0. The zero-order chi connectivity index (χ0) is 13.8. The third-order valence-corrected chi connectivity index (χ3v) is 7.13. The Morgan fingerprint density at radius 1 is 1.22 bits per heavy atom. The highest BCUT2D eigenvalue weighted by atomic mass is 32.2. The van der Waals surface area contributed by atoms with Crippen LogP contribution in [0.25, 0.3) is 0 Å². The smallest absolute Gasteiger partial charge is 0.0338 e. The Balaban J connectivity index is 3.11. The Labute approximate surface area is 119 Å². The molecule has 2 heteroatoms. The van der Waals surface area contributed by atoms with E-state index >= 15 is 0 Å². The molecule has 0 bridgehead atoms. The summed E-state index contributed by atoms with van der Waals surface area (Å²) in [7, 11) is 2.09. The van der Waals surface area contributed by atoms with Crippen LogP contribution in [0.2, 0.25) is 0 Å². The summed E-state index contributed by atoms with van der Waals surface area (Å²) in [6.07, 6.45) is 8.11. The molecule has 0 aromatic carbocycles. The van der Waals surface area contributed by atoms with Crippen molar-refractivity contribution in [3.63, 3.8) is 0 Å². The first-order valence-corrected chi connectivity index (χ1v) is 8.69. The third-order valence-electron chi connectivity index (χ3n) is 5.77. The Kier molecular flexibility index (Phi) is 6.05. The van der Waals surface area contributed by atoms with E-state index in [1.165, 1.54) is 38.5 Å². The zero-order valence-electron chi connectivity index (χ0n) is 13.3. The molecule has 2 unspecified atom stereocenters. The molecule has 1 saturated carbocycles. The van der Waals surface area contributed by atoms with Gasteiger partial charge in [-0.3, -0.25) is 4.72 Å². The lowest BCUT2D eigenvalue weighted by atomic mass is 9.64. The van der Waals surface area contributed by atoms with E-state index in [1.54, 1.807) is 0 Å². The molecule has 1 N–H and O–H groups in total. The van der Waals surface area contributed by atoms with Crippen LogP contribution >= 0.6 is 11.9 Å². The van der Waals surface area contributed by atoms with Crippen LogP contribution in [0.4, 0.5) is 0 Å². The summed E-state index contributed by atoms with van der Waals surface area (Å²) >= 11 is 2.02. The first-order valence-electron chi connectivity index (χ1n) is 7.88. The SMILES string of the molecule is CC[C@H]1CCC(CC)(SNC)C1C(C)(CC)CC. The Morgan fingerprint density at radius 3 is 2.22 bits per heavy atom. The van der Waals surface area contributed by atoms with Gasteiger partial charge in [0.1, 0.15) is 0 Å². The van der Waals surface area contributed by atoms with Crippen molar-refractivity contribution in [2.75, 3.05) is 7.05 Å². The maximum absolute atomic E-state index is 3.41. The fourth-order valence-electron chi connectivity index (χ4n) is 4.30. The third kappa shape index (κ3) is 2.75. The van der Waals surface area contributed by atoms with Crippen LogP contribution in [0.15, 0.2) is 0 Å². The summed E-state index contributed by atoms with van der Waals surface area (Å²) < 4.78 is 3.88. The van der Waals surface area contributed by atoms with E-state index in [1.807, 2.05) is 11.9 Å². The van der Waals surface area contributed by atoms with Gasteiger partial charge in [-0.15, -0.1) is 0 Å². The highest BCUT2D eigenvalue weighted by Gasteiger charge is 2.53. The summed E-state index contributed by atoms with van der Waals surface area (Å²) in [4.78, 5) is 0. The average molecular weight is 272 g/mol. The second-order valence-electron chi connectivity index (χ2n) is 6.27. The molecule has 0 heterocycles. The van der Waals surface area contributed by atoms with Crippen molar-refractivity contribution < 1.29 is 0 Å². The molecule has 0 radical (unpaired) electrons. The molecule has 108 valence electrons. The number of hydrogen-bond donors (Lipinski definition) is 1. The van der Waals surface area contributed by atoms with Gasteiger partial charge in [0, 0.05) is 4.75 Å². The predicted molar refractivity (Wildman–Crippen MR) is 84.9 cm³/mol. The second kappa shape index (κ2) is 6.65. The van der Waals surface area contributed by atoms with Gasteiger partial charge in [-0.05, 0) is 43.6 Å². The van der Waals surface area contributed by atoms with E-state index in [0.717, 1.165) is 11.8 Å². The first-order chi connectivity index (χ1) is 8.53. The lowest BCUT2D eigenvalue weighted by Gasteiger charge is -2.47. The molecular formula is C16H33NS. The molecule has 18 heavy (non-hydrogen) atoms. The largest absolute Gasteiger partial charge is 0.267 e. The standard InChI is InChI=1S/C16H33NS/c1-7-13-11-12-16(10-4,18-17-6)14(13)15(5,8-2)9-3/h13-14,17H,7-12H2,1-6H3/t13-,14?,16?/m0/s1. The van der Waals surface area contributed by atoms with Crippen LogP contribution < -0.4 is 4.72 Å². The Bertz CT molecular complexity index is 249. The summed E-state index contributed by atoms with van der Waals surface area (Å²) in [5.41, 5.74) is 0.511. The van der Waals surface area contributed by atoms with Gasteiger partial charge in [0.25, 0.3) is 0 Å².